The lowest BCUT2D eigenvalue weighted by Crippen LogP contribution is -2.01. The predicted molar refractivity (Wildman–Crippen MR) is 22.2 cm³/mol. The monoisotopic (exact) mass is 103 g/mol. The number of hydrogen-bond donors (Lipinski definition) is 1. The number of alkyl halides is 1. The van der Waals surface area contributed by atoms with Gasteiger partial charge in [0.15, 0.2) is 0 Å². The molecule has 0 radical (unpaired) electrons. The molecule has 1 atom stereocenters. The highest BCUT2D eigenvalue weighted by Crippen LogP contribution is 1.87. The van der Waals surface area contributed by atoms with E-state index in [1.165, 1.54) is 6.07 Å². The van der Waals surface area contributed by atoms with Gasteiger partial charge in [-0.1, -0.05) is 0 Å². The molecular formula is C4H6FNO. The van der Waals surface area contributed by atoms with Gasteiger partial charge in [-0.2, -0.15) is 5.26 Å². The average Bonchev–Trinajstić information content (AvgIpc) is 1.68. The maximum Gasteiger partial charge on any atom is 0.143 e. The third-order valence-corrected chi connectivity index (χ3v) is 0.532. The molecule has 0 aromatic heterocycles. The van der Waals surface area contributed by atoms with Crippen molar-refractivity contribution in [1.29, 1.82) is 5.26 Å². The topological polar surface area (TPSA) is 44.0 Å². The highest BCUT2D eigenvalue weighted by Gasteiger charge is 1.96. The van der Waals surface area contributed by atoms with Crippen LogP contribution in [-0.4, -0.2) is 17.9 Å². The van der Waals surface area contributed by atoms with Crippen molar-refractivity contribution in [2.24, 2.45) is 0 Å². The number of nitriles is 1. The first-order chi connectivity index (χ1) is 3.31. The highest BCUT2D eigenvalue weighted by atomic mass is 19.1. The number of hydrogen-bond acceptors (Lipinski definition) is 2. The van der Waals surface area contributed by atoms with Crippen molar-refractivity contribution in [3.63, 3.8) is 0 Å². The largest absolute Gasteiger partial charge is 0.378 e. The summed E-state index contributed by atoms with van der Waals surface area (Å²) in [6.45, 7) is -0.630. The molecule has 0 heterocycles. The van der Waals surface area contributed by atoms with Crippen LogP contribution >= 0.6 is 0 Å². The number of rotatable bonds is 2. The first-order valence-corrected chi connectivity index (χ1v) is 1.95. The maximum absolute atomic E-state index is 11.1. The summed E-state index contributed by atoms with van der Waals surface area (Å²) in [6.07, 6.45) is -1.19. The van der Waals surface area contributed by atoms with Gasteiger partial charge in [-0.05, 0) is 0 Å². The van der Waals surface area contributed by atoms with E-state index in [4.69, 9.17) is 10.4 Å². The van der Waals surface area contributed by atoms with Gasteiger partial charge in [-0.3, -0.25) is 4.39 Å². The molecule has 0 amide bonds. The van der Waals surface area contributed by atoms with Gasteiger partial charge in [0.05, 0.1) is 12.7 Å². The number of aliphatic hydroxyl groups excluding tert-OH is 1. The molecule has 0 saturated carbocycles. The van der Waals surface area contributed by atoms with E-state index in [1.807, 2.05) is 0 Å². The van der Waals surface area contributed by atoms with Gasteiger partial charge in [-0.15, -0.1) is 0 Å². The van der Waals surface area contributed by atoms with Crippen molar-refractivity contribution in [2.75, 3.05) is 6.67 Å². The SMILES string of the molecule is N#CC(O)CCF. The van der Waals surface area contributed by atoms with Gasteiger partial charge < -0.3 is 5.11 Å². The van der Waals surface area contributed by atoms with Crippen molar-refractivity contribution in [2.45, 2.75) is 12.5 Å². The zero-order valence-electron chi connectivity index (χ0n) is 3.76. The Kier molecular flexibility index (Phi) is 3.25. The van der Waals surface area contributed by atoms with Crippen LogP contribution in [0, 0.1) is 11.3 Å². The van der Waals surface area contributed by atoms with Crippen LogP contribution in [0.3, 0.4) is 0 Å². The lowest BCUT2D eigenvalue weighted by atomic mass is 10.3. The van der Waals surface area contributed by atoms with E-state index < -0.39 is 12.8 Å². The molecule has 0 fully saturated rings. The van der Waals surface area contributed by atoms with Crippen LogP contribution in [0.5, 0.6) is 0 Å². The van der Waals surface area contributed by atoms with Gasteiger partial charge in [0.1, 0.15) is 6.10 Å². The second-order valence-corrected chi connectivity index (χ2v) is 1.12. The fourth-order valence-corrected chi connectivity index (χ4v) is 0.168. The maximum atomic E-state index is 11.1. The molecule has 0 rings (SSSR count). The quantitative estimate of drug-likeness (QED) is 0.508. The van der Waals surface area contributed by atoms with Gasteiger partial charge in [0, 0.05) is 6.42 Å². The van der Waals surface area contributed by atoms with Crippen molar-refractivity contribution in [3.05, 3.63) is 0 Å². The second kappa shape index (κ2) is 3.57. The lowest BCUT2D eigenvalue weighted by Gasteiger charge is -1.90. The van der Waals surface area contributed by atoms with Crippen LogP contribution in [0.1, 0.15) is 6.42 Å². The minimum atomic E-state index is -1.12. The summed E-state index contributed by atoms with van der Waals surface area (Å²) in [6, 6.07) is 1.48. The Morgan fingerprint density at radius 1 is 1.86 bits per heavy atom. The summed E-state index contributed by atoms with van der Waals surface area (Å²) >= 11 is 0. The first kappa shape index (κ1) is 6.38. The van der Waals surface area contributed by atoms with Crippen molar-refractivity contribution < 1.29 is 9.50 Å². The van der Waals surface area contributed by atoms with Crippen LogP contribution in [0.15, 0.2) is 0 Å². The van der Waals surface area contributed by atoms with Gasteiger partial charge >= 0.3 is 0 Å². The molecule has 0 aromatic rings. The molecule has 0 aromatic carbocycles. The first-order valence-electron chi connectivity index (χ1n) is 1.95. The third kappa shape index (κ3) is 3.20. The van der Waals surface area contributed by atoms with E-state index in [1.54, 1.807) is 0 Å². The fraction of sp³-hybridized carbons (Fsp3) is 0.750. The molecule has 2 nitrogen and oxygen atoms in total. The fourth-order valence-electron chi connectivity index (χ4n) is 0.168. The summed E-state index contributed by atoms with van der Waals surface area (Å²) in [4.78, 5) is 0. The van der Waals surface area contributed by atoms with E-state index >= 15 is 0 Å². The Morgan fingerprint density at radius 3 is 2.57 bits per heavy atom. The van der Waals surface area contributed by atoms with Gasteiger partial charge in [0.25, 0.3) is 0 Å². The zero-order chi connectivity index (χ0) is 5.70. The summed E-state index contributed by atoms with van der Waals surface area (Å²) in [7, 11) is 0. The molecule has 0 spiro atoms. The number of halogens is 1. The predicted octanol–water partition coefficient (Wildman–Crippen LogP) is 0.230. The molecule has 1 unspecified atom stereocenters. The van der Waals surface area contributed by atoms with Crippen molar-refractivity contribution >= 4 is 0 Å². The van der Waals surface area contributed by atoms with E-state index in [-0.39, 0.29) is 6.42 Å². The summed E-state index contributed by atoms with van der Waals surface area (Å²) in [5.41, 5.74) is 0. The molecule has 3 heteroatoms. The summed E-state index contributed by atoms with van der Waals surface area (Å²) < 4.78 is 11.1. The van der Waals surface area contributed by atoms with Crippen LogP contribution in [0.2, 0.25) is 0 Å². The molecular weight excluding hydrogens is 97.0 g/mol. The second-order valence-electron chi connectivity index (χ2n) is 1.12. The van der Waals surface area contributed by atoms with Crippen LogP contribution < -0.4 is 0 Å². The lowest BCUT2D eigenvalue weighted by molar-refractivity contribution is 0.205. The Balaban J connectivity index is 3.04. The Labute approximate surface area is 41.2 Å². The standard InChI is InChI=1S/C4H6FNO/c5-2-1-4(7)3-6/h4,7H,1-2H2. The minimum absolute atomic E-state index is 0.0729. The normalized spacial score (nSPS) is 12.7. The average molecular weight is 103 g/mol. The Bertz CT molecular complexity index is 78.2. The molecule has 0 aliphatic rings. The van der Waals surface area contributed by atoms with E-state index in [2.05, 4.69) is 0 Å². The van der Waals surface area contributed by atoms with Crippen LogP contribution in [0.25, 0.3) is 0 Å². The number of aliphatic hydroxyl groups is 1. The highest BCUT2D eigenvalue weighted by molar-refractivity contribution is 4.80. The molecule has 40 valence electrons. The minimum Gasteiger partial charge on any atom is -0.378 e. The van der Waals surface area contributed by atoms with Crippen molar-refractivity contribution in [1.82, 2.24) is 0 Å². The smallest absolute Gasteiger partial charge is 0.143 e. The van der Waals surface area contributed by atoms with E-state index in [0.717, 1.165) is 0 Å². The van der Waals surface area contributed by atoms with Gasteiger partial charge in [0.2, 0.25) is 0 Å². The molecule has 0 aliphatic heterocycles. The third-order valence-electron chi connectivity index (χ3n) is 0.532. The van der Waals surface area contributed by atoms with Gasteiger partial charge in [-0.25, -0.2) is 0 Å². The molecule has 0 aliphatic carbocycles. The summed E-state index contributed by atoms with van der Waals surface area (Å²) in [5.74, 6) is 0. The van der Waals surface area contributed by atoms with E-state index in [9.17, 15) is 4.39 Å². The van der Waals surface area contributed by atoms with Crippen LogP contribution in [-0.2, 0) is 0 Å². The Morgan fingerprint density at radius 2 is 2.43 bits per heavy atom. The molecule has 7 heavy (non-hydrogen) atoms. The van der Waals surface area contributed by atoms with E-state index in [0.29, 0.717) is 0 Å². The molecule has 0 bridgehead atoms. The number of nitrogens with zero attached hydrogens (tertiary/aromatic N) is 1. The zero-order valence-corrected chi connectivity index (χ0v) is 3.76. The molecule has 1 N–H and O–H groups in total. The Hall–Kier alpha value is -0.620. The van der Waals surface area contributed by atoms with Crippen molar-refractivity contribution in [3.8, 4) is 6.07 Å². The molecule has 0 saturated heterocycles. The van der Waals surface area contributed by atoms with Crippen LogP contribution in [0.4, 0.5) is 4.39 Å². The summed E-state index contributed by atoms with van der Waals surface area (Å²) in [5, 5.41) is 16.1.